The lowest BCUT2D eigenvalue weighted by atomic mass is 10.1. The first-order valence-corrected chi connectivity index (χ1v) is 8.57. The predicted octanol–water partition coefficient (Wildman–Crippen LogP) is 3.27. The van der Waals surface area contributed by atoms with E-state index < -0.39 is 0 Å². The Morgan fingerprint density at radius 3 is 3.18 bits per heavy atom. The lowest BCUT2D eigenvalue weighted by molar-refractivity contribution is -0.127. The molecule has 2 aromatic rings. The number of ether oxygens (including phenoxy) is 2. The minimum Gasteiger partial charge on any atom is -0.376 e. The van der Waals surface area contributed by atoms with Crippen molar-refractivity contribution >= 4 is 27.3 Å². The SMILES string of the molecule is C[C@H](NC(=O)COC[C@H]1CCCO1)c1csc2ccccc12. The number of hydrogen-bond acceptors (Lipinski definition) is 4. The van der Waals surface area contributed by atoms with Crippen LogP contribution < -0.4 is 5.32 Å². The van der Waals surface area contributed by atoms with Crippen LogP contribution in [-0.4, -0.2) is 31.8 Å². The van der Waals surface area contributed by atoms with E-state index in [2.05, 4.69) is 22.8 Å². The highest BCUT2D eigenvalue weighted by Crippen LogP contribution is 2.29. The summed E-state index contributed by atoms with van der Waals surface area (Å²) in [5.74, 6) is -0.0826. The van der Waals surface area contributed by atoms with E-state index in [4.69, 9.17) is 9.47 Å². The maximum absolute atomic E-state index is 12.0. The van der Waals surface area contributed by atoms with E-state index in [0.29, 0.717) is 6.61 Å². The fourth-order valence-electron chi connectivity index (χ4n) is 2.75. The number of nitrogens with one attached hydrogen (secondary N) is 1. The zero-order valence-electron chi connectivity index (χ0n) is 12.7. The summed E-state index contributed by atoms with van der Waals surface area (Å²) in [4.78, 5) is 12.0. The van der Waals surface area contributed by atoms with E-state index in [-0.39, 0.29) is 24.7 Å². The predicted molar refractivity (Wildman–Crippen MR) is 88.2 cm³/mol. The van der Waals surface area contributed by atoms with E-state index in [1.54, 1.807) is 11.3 Å². The van der Waals surface area contributed by atoms with Gasteiger partial charge < -0.3 is 14.8 Å². The van der Waals surface area contributed by atoms with Gasteiger partial charge in [0.25, 0.3) is 0 Å². The summed E-state index contributed by atoms with van der Waals surface area (Å²) in [5.41, 5.74) is 1.16. The molecule has 1 aliphatic rings. The van der Waals surface area contributed by atoms with Crippen molar-refractivity contribution in [2.75, 3.05) is 19.8 Å². The highest BCUT2D eigenvalue weighted by atomic mass is 32.1. The highest BCUT2D eigenvalue weighted by molar-refractivity contribution is 7.17. The number of benzene rings is 1. The van der Waals surface area contributed by atoms with Gasteiger partial charge in [-0.05, 0) is 42.2 Å². The molecule has 118 valence electrons. The third-order valence-corrected chi connectivity index (χ3v) is 4.90. The largest absolute Gasteiger partial charge is 0.376 e. The number of carbonyl (C=O) groups is 1. The van der Waals surface area contributed by atoms with Crippen LogP contribution in [0.1, 0.15) is 31.4 Å². The van der Waals surface area contributed by atoms with Gasteiger partial charge in [0.05, 0.1) is 18.8 Å². The Balaban J connectivity index is 1.50. The Kier molecular flexibility index (Phi) is 5.08. The first-order chi connectivity index (χ1) is 10.7. The lowest BCUT2D eigenvalue weighted by Gasteiger charge is -2.14. The van der Waals surface area contributed by atoms with Crippen LogP contribution in [0, 0.1) is 0 Å². The Morgan fingerprint density at radius 1 is 1.50 bits per heavy atom. The molecule has 0 aliphatic carbocycles. The number of amides is 1. The first-order valence-electron chi connectivity index (χ1n) is 7.69. The number of rotatable bonds is 6. The van der Waals surface area contributed by atoms with Crippen LogP contribution in [0.25, 0.3) is 10.1 Å². The third kappa shape index (κ3) is 3.66. The zero-order chi connectivity index (χ0) is 15.4. The molecule has 1 saturated heterocycles. The van der Waals surface area contributed by atoms with E-state index in [1.165, 1.54) is 10.1 Å². The summed E-state index contributed by atoms with van der Waals surface area (Å²) in [6.07, 6.45) is 2.27. The summed E-state index contributed by atoms with van der Waals surface area (Å²) in [7, 11) is 0. The normalized spacial score (nSPS) is 19.4. The second-order valence-corrected chi connectivity index (χ2v) is 6.54. The minimum absolute atomic E-state index is 0.0185. The molecule has 0 radical (unpaired) electrons. The van der Waals surface area contributed by atoms with Gasteiger partial charge in [0, 0.05) is 11.3 Å². The fourth-order valence-corrected chi connectivity index (χ4v) is 3.81. The van der Waals surface area contributed by atoms with Gasteiger partial charge in [-0.25, -0.2) is 0 Å². The quantitative estimate of drug-likeness (QED) is 0.889. The standard InChI is InChI=1S/C17H21NO3S/c1-12(15-11-22-16-7-3-2-6-14(15)16)18-17(19)10-20-9-13-5-4-8-21-13/h2-3,6-7,11-13H,4-5,8-10H2,1H3,(H,18,19)/t12-,13+/m0/s1. The number of hydrogen-bond donors (Lipinski definition) is 1. The van der Waals surface area contributed by atoms with Crippen molar-refractivity contribution in [1.82, 2.24) is 5.32 Å². The molecule has 0 bridgehead atoms. The Hall–Kier alpha value is -1.43. The van der Waals surface area contributed by atoms with Crippen LogP contribution in [0.4, 0.5) is 0 Å². The molecule has 1 N–H and O–H groups in total. The van der Waals surface area contributed by atoms with Crippen LogP contribution in [0.3, 0.4) is 0 Å². The fraction of sp³-hybridized carbons (Fsp3) is 0.471. The molecule has 0 unspecified atom stereocenters. The van der Waals surface area contributed by atoms with Gasteiger partial charge in [-0.15, -0.1) is 11.3 Å². The molecule has 1 aromatic heterocycles. The second kappa shape index (κ2) is 7.22. The summed E-state index contributed by atoms with van der Waals surface area (Å²) in [6, 6.07) is 8.23. The van der Waals surface area contributed by atoms with Crippen molar-refractivity contribution in [1.29, 1.82) is 0 Å². The topological polar surface area (TPSA) is 47.6 Å². The summed E-state index contributed by atoms with van der Waals surface area (Å²) >= 11 is 1.70. The maximum atomic E-state index is 12.0. The average Bonchev–Trinajstić information content (AvgIpc) is 3.16. The molecule has 0 spiro atoms. The third-order valence-electron chi connectivity index (χ3n) is 3.92. The number of carbonyl (C=O) groups excluding carboxylic acids is 1. The van der Waals surface area contributed by atoms with Crippen LogP contribution in [0.15, 0.2) is 29.6 Å². The van der Waals surface area contributed by atoms with Gasteiger partial charge in [0.15, 0.2) is 0 Å². The Morgan fingerprint density at radius 2 is 2.36 bits per heavy atom. The molecule has 5 heteroatoms. The molecule has 1 aromatic carbocycles. The molecule has 3 rings (SSSR count). The van der Waals surface area contributed by atoms with Crippen molar-refractivity contribution in [3.05, 3.63) is 35.2 Å². The molecule has 1 amide bonds. The van der Waals surface area contributed by atoms with Crippen LogP contribution in [0.5, 0.6) is 0 Å². The van der Waals surface area contributed by atoms with Crippen molar-refractivity contribution in [2.24, 2.45) is 0 Å². The highest BCUT2D eigenvalue weighted by Gasteiger charge is 2.17. The molecule has 0 saturated carbocycles. The van der Waals surface area contributed by atoms with Gasteiger partial charge in [-0.2, -0.15) is 0 Å². The number of thiophene rings is 1. The summed E-state index contributed by atoms with van der Waals surface area (Å²) in [5, 5.41) is 6.32. The average molecular weight is 319 g/mol. The van der Waals surface area contributed by atoms with Crippen molar-refractivity contribution in [3.63, 3.8) is 0 Å². The first kappa shape index (κ1) is 15.5. The van der Waals surface area contributed by atoms with E-state index >= 15 is 0 Å². The van der Waals surface area contributed by atoms with E-state index in [9.17, 15) is 4.79 Å². The van der Waals surface area contributed by atoms with Crippen molar-refractivity contribution < 1.29 is 14.3 Å². The Labute approximate surface area is 134 Å². The smallest absolute Gasteiger partial charge is 0.246 e. The van der Waals surface area contributed by atoms with Gasteiger partial charge in [-0.1, -0.05) is 18.2 Å². The summed E-state index contributed by atoms with van der Waals surface area (Å²) in [6.45, 7) is 3.41. The van der Waals surface area contributed by atoms with Gasteiger partial charge in [0.2, 0.25) is 5.91 Å². The van der Waals surface area contributed by atoms with E-state index in [0.717, 1.165) is 25.0 Å². The zero-order valence-corrected chi connectivity index (χ0v) is 13.5. The molecular formula is C17H21NO3S. The molecular weight excluding hydrogens is 298 g/mol. The second-order valence-electron chi connectivity index (χ2n) is 5.63. The molecule has 2 heterocycles. The number of fused-ring (bicyclic) bond motifs is 1. The van der Waals surface area contributed by atoms with Crippen molar-refractivity contribution in [3.8, 4) is 0 Å². The lowest BCUT2D eigenvalue weighted by Crippen LogP contribution is -2.31. The van der Waals surface area contributed by atoms with Crippen LogP contribution in [0.2, 0.25) is 0 Å². The molecule has 22 heavy (non-hydrogen) atoms. The van der Waals surface area contributed by atoms with Gasteiger partial charge in [0.1, 0.15) is 6.61 Å². The minimum atomic E-state index is -0.0826. The van der Waals surface area contributed by atoms with Crippen LogP contribution >= 0.6 is 11.3 Å². The molecule has 2 atom stereocenters. The van der Waals surface area contributed by atoms with Crippen LogP contribution in [-0.2, 0) is 14.3 Å². The maximum Gasteiger partial charge on any atom is 0.246 e. The van der Waals surface area contributed by atoms with Gasteiger partial charge >= 0.3 is 0 Å². The molecule has 4 nitrogen and oxygen atoms in total. The molecule has 1 fully saturated rings. The summed E-state index contributed by atoms with van der Waals surface area (Å²) < 4.78 is 12.2. The Bertz CT molecular complexity index is 634. The van der Waals surface area contributed by atoms with Gasteiger partial charge in [-0.3, -0.25) is 4.79 Å². The monoisotopic (exact) mass is 319 g/mol. The van der Waals surface area contributed by atoms with E-state index in [1.807, 2.05) is 19.1 Å². The van der Waals surface area contributed by atoms with Crippen molar-refractivity contribution in [2.45, 2.75) is 31.9 Å². The molecule has 1 aliphatic heterocycles.